The Morgan fingerprint density at radius 3 is 2.41 bits per heavy atom. The third-order valence-corrected chi connectivity index (χ3v) is 9.68. The molecule has 0 saturated carbocycles. The molecule has 0 amide bonds. The van der Waals surface area contributed by atoms with Crippen LogP contribution in [-0.4, -0.2) is 58.3 Å². The lowest BCUT2D eigenvalue weighted by atomic mass is 10.0. The lowest BCUT2D eigenvalue weighted by molar-refractivity contribution is 0.162. The number of aromatic nitrogens is 3. The number of hydrogen-bond donors (Lipinski definition) is 1. The zero-order valence-electron chi connectivity index (χ0n) is 23.2. The molecule has 5 rings (SSSR count). The molecule has 0 aliphatic carbocycles. The van der Waals surface area contributed by atoms with Crippen molar-refractivity contribution in [2.45, 2.75) is 37.2 Å². The highest BCUT2D eigenvalue weighted by Crippen LogP contribution is 2.26. The van der Waals surface area contributed by atoms with Crippen molar-refractivity contribution in [3.63, 3.8) is 0 Å². The number of anilines is 2. The van der Waals surface area contributed by atoms with E-state index >= 15 is 0 Å². The van der Waals surface area contributed by atoms with Gasteiger partial charge >= 0.3 is 0 Å². The van der Waals surface area contributed by atoms with Crippen LogP contribution >= 0.6 is 0 Å². The van der Waals surface area contributed by atoms with Crippen molar-refractivity contribution in [2.75, 3.05) is 25.5 Å². The zero-order valence-corrected chi connectivity index (χ0v) is 24.1. The Kier molecular flexibility index (Phi) is 8.17. The van der Waals surface area contributed by atoms with Crippen LogP contribution in [0.4, 0.5) is 16.0 Å². The highest BCUT2D eigenvalue weighted by Gasteiger charge is 2.31. The van der Waals surface area contributed by atoms with Crippen LogP contribution < -0.4 is 5.32 Å². The van der Waals surface area contributed by atoms with Crippen molar-refractivity contribution >= 4 is 21.7 Å². The molecule has 0 radical (unpaired) electrons. The van der Waals surface area contributed by atoms with Gasteiger partial charge < -0.3 is 9.88 Å². The van der Waals surface area contributed by atoms with Gasteiger partial charge in [-0.1, -0.05) is 0 Å². The second kappa shape index (κ2) is 11.8. The Labute approximate surface area is 239 Å². The average molecular weight is 574 g/mol. The Morgan fingerprint density at radius 2 is 1.78 bits per heavy atom. The fraction of sp³-hybridized carbons (Fsp3) is 0.300. The summed E-state index contributed by atoms with van der Waals surface area (Å²) >= 11 is 0. The fourth-order valence-corrected chi connectivity index (χ4v) is 6.61. The molecule has 0 spiro atoms. The molecule has 4 aromatic rings. The number of benzene rings is 2. The highest BCUT2D eigenvalue weighted by molar-refractivity contribution is 7.89. The quantitative estimate of drug-likeness (QED) is 0.322. The van der Waals surface area contributed by atoms with Gasteiger partial charge in [0.2, 0.25) is 16.0 Å². The van der Waals surface area contributed by atoms with E-state index in [0.29, 0.717) is 42.7 Å². The largest absolute Gasteiger partial charge is 0.340 e. The van der Waals surface area contributed by atoms with Crippen molar-refractivity contribution in [3.8, 4) is 17.3 Å². The van der Waals surface area contributed by atoms with Crippen LogP contribution in [0.5, 0.6) is 0 Å². The molecule has 1 fully saturated rings. The van der Waals surface area contributed by atoms with E-state index in [0.717, 1.165) is 29.7 Å². The number of sulfonamides is 1. The molecule has 0 bridgehead atoms. The van der Waals surface area contributed by atoms with Gasteiger partial charge in [-0.3, -0.25) is 4.90 Å². The highest BCUT2D eigenvalue weighted by atomic mass is 32.2. The molecule has 0 unspecified atom stereocenters. The van der Waals surface area contributed by atoms with Gasteiger partial charge in [-0.05, 0) is 93.0 Å². The summed E-state index contributed by atoms with van der Waals surface area (Å²) in [6.45, 7) is 3.61. The maximum atomic E-state index is 13.4. The zero-order chi connectivity index (χ0) is 29.1. The summed E-state index contributed by atoms with van der Waals surface area (Å²) in [5, 5.41) is 12.4. The summed E-state index contributed by atoms with van der Waals surface area (Å²) in [5.41, 5.74) is 4.87. The van der Waals surface area contributed by atoms with E-state index in [9.17, 15) is 18.1 Å². The van der Waals surface area contributed by atoms with Crippen molar-refractivity contribution in [2.24, 2.45) is 7.05 Å². The van der Waals surface area contributed by atoms with E-state index < -0.39 is 10.0 Å². The van der Waals surface area contributed by atoms with E-state index in [4.69, 9.17) is 0 Å². The average Bonchev–Trinajstić information content (AvgIpc) is 3.26. The third-order valence-electron chi connectivity index (χ3n) is 7.77. The fourth-order valence-electron chi connectivity index (χ4n) is 5.14. The molecule has 1 aliphatic heterocycles. The predicted octanol–water partition coefficient (Wildman–Crippen LogP) is 4.83. The third kappa shape index (κ3) is 6.15. The number of halogens is 1. The van der Waals surface area contributed by atoms with Gasteiger partial charge in [-0.2, -0.15) is 9.57 Å². The SMILES string of the molecule is Cc1c(CN(C)C2CCN(S(=O)(=O)c3ccc(Nc4nccc(-c5ccc(F)cc5)n4)cc3)CC2)cc(C#N)n1C. The monoisotopic (exact) mass is 573 g/mol. The minimum Gasteiger partial charge on any atom is -0.340 e. The van der Waals surface area contributed by atoms with Gasteiger partial charge in [0, 0.05) is 55.9 Å². The number of rotatable bonds is 8. The summed E-state index contributed by atoms with van der Waals surface area (Å²) in [6, 6.07) is 18.8. The molecule has 3 heterocycles. The maximum Gasteiger partial charge on any atom is 0.243 e. The van der Waals surface area contributed by atoms with Gasteiger partial charge in [-0.15, -0.1) is 0 Å². The van der Waals surface area contributed by atoms with Crippen molar-refractivity contribution in [3.05, 3.63) is 89.6 Å². The normalized spacial score (nSPS) is 14.7. The Balaban J connectivity index is 1.19. The topological polar surface area (TPSA) is 107 Å². The molecule has 2 aromatic carbocycles. The second-order valence-electron chi connectivity index (χ2n) is 10.3. The molecule has 11 heteroatoms. The molecule has 2 aromatic heterocycles. The van der Waals surface area contributed by atoms with Crippen molar-refractivity contribution < 1.29 is 12.8 Å². The Morgan fingerprint density at radius 1 is 1.10 bits per heavy atom. The van der Waals surface area contributed by atoms with Crippen LogP contribution in [0.15, 0.2) is 71.8 Å². The first-order valence-corrected chi connectivity index (χ1v) is 14.8. The molecule has 1 saturated heterocycles. The summed E-state index contributed by atoms with van der Waals surface area (Å²) in [7, 11) is 0.315. The van der Waals surface area contributed by atoms with E-state index in [1.54, 1.807) is 53.0 Å². The van der Waals surface area contributed by atoms with Crippen LogP contribution in [0.25, 0.3) is 11.3 Å². The number of hydrogen-bond acceptors (Lipinski definition) is 7. The lowest BCUT2D eigenvalue weighted by Crippen LogP contribution is -2.45. The molecule has 41 heavy (non-hydrogen) atoms. The van der Waals surface area contributed by atoms with Crippen LogP contribution in [-0.2, 0) is 23.6 Å². The van der Waals surface area contributed by atoms with Gasteiger partial charge in [0.15, 0.2) is 0 Å². The summed E-state index contributed by atoms with van der Waals surface area (Å²) < 4.78 is 43.5. The van der Waals surface area contributed by atoms with Gasteiger partial charge in [0.1, 0.15) is 17.6 Å². The summed E-state index contributed by atoms with van der Waals surface area (Å²) in [4.78, 5) is 11.2. The molecular formula is C30H32FN7O2S. The number of piperidine rings is 1. The molecule has 9 nitrogen and oxygen atoms in total. The Bertz CT molecular complexity index is 1670. The second-order valence-corrected chi connectivity index (χ2v) is 12.2. The van der Waals surface area contributed by atoms with Crippen LogP contribution in [0, 0.1) is 24.1 Å². The van der Waals surface area contributed by atoms with Gasteiger partial charge in [0.25, 0.3) is 0 Å². The molecule has 0 atom stereocenters. The van der Waals surface area contributed by atoms with Crippen LogP contribution in [0.2, 0.25) is 0 Å². The van der Waals surface area contributed by atoms with Gasteiger partial charge in [0.05, 0.1) is 10.6 Å². The minimum atomic E-state index is -3.63. The standard InChI is InChI=1S/C30H32FN7O2S/c1-21-23(18-27(19-32)37(21)3)20-36(2)26-13-16-38(17-14-26)41(39,40)28-10-8-25(9-11-28)34-30-33-15-12-29(35-30)22-4-6-24(31)7-5-22/h4-12,15,18,26H,13-14,16-17,20H2,1-3H3,(H,33,34,35). The predicted molar refractivity (Wildman–Crippen MR) is 155 cm³/mol. The first-order chi connectivity index (χ1) is 19.7. The van der Waals surface area contributed by atoms with Crippen molar-refractivity contribution in [1.29, 1.82) is 5.26 Å². The van der Waals surface area contributed by atoms with E-state index in [2.05, 4.69) is 33.3 Å². The Hall–Kier alpha value is -4.11. The van der Waals surface area contributed by atoms with Crippen LogP contribution in [0.3, 0.4) is 0 Å². The van der Waals surface area contributed by atoms with Crippen molar-refractivity contribution in [1.82, 2.24) is 23.7 Å². The molecule has 1 N–H and O–H groups in total. The number of nitrogens with zero attached hydrogens (tertiary/aromatic N) is 6. The number of nitrogens with one attached hydrogen (secondary N) is 1. The number of nitriles is 1. The first-order valence-electron chi connectivity index (χ1n) is 13.4. The summed E-state index contributed by atoms with van der Waals surface area (Å²) in [5.74, 6) is 0.0325. The van der Waals surface area contributed by atoms with E-state index in [-0.39, 0.29) is 16.8 Å². The maximum absolute atomic E-state index is 13.4. The molecular weight excluding hydrogens is 541 g/mol. The van der Waals surface area contributed by atoms with E-state index in [1.807, 2.05) is 24.6 Å². The minimum absolute atomic E-state index is 0.236. The summed E-state index contributed by atoms with van der Waals surface area (Å²) in [6.07, 6.45) is 3.07. The smallest absolute Gasteiger partial charge is 0.243 e. The molecule has 212 valence electrons. The van der Waals surface area contributed by atoms with Gasteiger partial charge in [-0.25, -0.2) is 22.8 Å². The first kappa shape index (κ1) is 28.4. The lowest BCUT2D eigenvalue weighted by Gasteiger charge is -2.36. The molecule has 1 aliphatic rings. The van der Waals surface area contributed by atoms with E-state index in [1.165, 1.54) is 12.1 Å². The van der Waals surface area contributed by atoms with Crippen LogP contribution in [0.1, 0.15) is 29.8 Å².